The molecule has 0 aromatic heterocycles. The molecule has 1 aliphatic carbocycles. The Morgan fingerprint density at radius 3 is 2.31 bits per heavy atom. The maximum absolute atomic E-state index is 12.5. The molecule has 4 nitrogen and oxygen atoms in total. The Balaban J connectivity index is 1.88. The molecule has 0 radical (unpaired) electrons. The standard InChI is InChI=1S/C20H17Cl2NO3/c1-23(2)14-6-3-12(4-7-14)20(25)26-18-10-9-17(24)19(18)13-5-8-15(21)16(22)11-13/h3-8,11H,9-10H2,1-2H3. The zero-order valence-electron chi connectivity index (χ0n) is 14.4. The second kappa shape index (κ2) is 7.52. The molecule has 134 valence electrons. The minimum Gasteiger partial charge on any atom is -0.427 e. The van der Waals surface area contributed by atoms with Crippen molar-refractivity contribution < 1.29 is 14.3 Å². The van der Waals surface area contributed by atoms with E-state index in [0.717, 1.165) is 5.69 Å². The Bertz CT molecular complexity index is 902. The maximum Gasteiger partial charge on any atom is 0.343 e. The molecule has 0 N–H and O–H groups in total. The first kappa shape index (κ1) is 18.5. The van der Waals surface area contributed by atoms with Crippen LogP contribution in [0.25, 0.3) is 5.57 Å². The number of esters is 1. The van der Waals surface area contributed by atoms with Crippen molar-refractivity contribution in [2.75, 3.05) is 19.0 Å². The predicted molar refractivity (Wildman–Crippen MR) is 104 cm³/mol. The molecule has 0 amide bonds. The van der Waals surface area contributed by atoms with E-state index in [1.165, 1.54) is 0 Å². The highest BCUT2D eigenvalue weighted by molar-refractivity contribution is 6.42. The van der Waals surface area contributed by atoms with Gasteiger partial charge in [0.1, 0.15) is 5.76 Å². The minimum atomic E-state index is -0.488. The summed E-state index contributed by atoms with van der Waals surface area (Å²) in [6, 6.07) is 12.0. The maximum atomic E-state index is 12.5. The van der Waals surface area contributed by atoms with E-state index in [9.17, 15) is 9.59 Å². The van der Waals surface area contributed by atoms with Crippen molar-refractivity contribution in [3.05, 3.63) is 69.4 Å². The second-order valence-electron chi connectivity index (χ2n) is 6.18. The Kier molecular flexibility index (Phi) is 5.35. The van der Waals surface area contributed by atoms with E-state index in [-0.39, 0.29) is 5.78 Å². The highest BCUT2D eigenvalue weighted by atomic mass is 35.5. The van der Waals surface area contributed by atoms with Crippen molar-refractivity contribution in [2.24, 2.45) is 0 Å². The van der Waals surface area contributed by atoms with Crippen molar-refractivity contribution in [3.8, 4) is 0 Å². The molecule has 0 unspecified atom stereocenters. The highest BCUT2D eigenvalue weighted by Crippen LogP contribution is 2.35. The van der Waals surface area contributed by atoms with Gasteiger partial charge in [-0.1, -0.05) is 29.3 Å². The first-order valence-corrected chi connectivity index (χ1v) is 8.83. The Hall–Kier alpha value is -2.30. The first-order chi connectivity index (χ1) is 12.4. The lowest BCUT2D eigenvalue weighted by Gasteiger charge is -2.13. The van der Waals surface area contributed by atoms with E-state index in [4.69, 9.17) is 27.9 Å². The number of benzene rings is 2. The number of hydrogen-bond donors (Lipinski definition) is 0. The van der Waals surface area contributed by atoms with E-state index < -0.39 is 5.97 Å². The van der Waals surface area contributed by atoms with Crippen LogP contribution >= 0.6 is 23.2 Å². The lowest BCUT2D eigenvalue weighted by molar-refractivity contribution is -0.113. The van der Waals surface area contributed by atoms with Crippen LogP contribution in [0.1, 0.15) is 28.8 Å². The smallest absolute Gasteiger partial charge is 0.343 e. The number of hydrogen-bond acceptors (Lipinski definition) is 4. The largest absolute Gasteiger partial charge is 0.427 e. The van der Waals surface area contributed by atoms with Crippen molar-refractivity contribution >= 4 is 46.2 Å². The number of nitrogens with zero attached hydrogens (tertiary/aromatic N) is 1. The van der Waals surface area contributed by atoms with Gasteiger partial charge in [-0.05, 0) is 42.0 Å². The van der Waals surface area contributed by atoms with Gasteiger partial charge >= 0.3 is 5.97 Å². The van der Waals surface area contributed by atoms with Crippen molar-refractivity contribution in [3.63, 3.8) is 0 Å². The number of allylic oxidation sites excluding steroid dienone is 2. The van der Waals surface area contributed by atoms with E-state index in [0.29, 0.717) is 45.3 Å². The van der Waals surface area contributed by atoms with Gasteiger partial charge < -0.3 is 9.64 Å². The fourth-order valence-electron chi connectivity index (χ4n) is 2.77. The molecule has 26 heavy (non-hydrogen) atoms. The summed E-state index contributed by atoms with van der Waals surface area (Å²) >= 11 is 12.0. The molecule has 0 spiro atoms. The van der Waals surface area contributed by atoms with Crippen molar-refractivity contribution in [1.29, 1.82) is 0 Å². The molecule has 6 heteroatoms. The van der Waals surface area contributed by atoms with Gasteiger partial charge in [0.05, 0.1) is 21.2 Å². The van der Waals surface area contributed by atoms with Crippen LogP contribution in [-0.2, 0) is 9.53 Å². The summed E-state index contributed by atoms with van der Waals surface area (Å²) < 4.78 is 5.54. The normalized spacial score (nSPS) is 13.9. The average Bonchev–Trinajstić information content (AvgIpc) is 2.97. The van der Waals surface area contributed by atoms with Crippen LogP contribution in [0.2, 0.25) is 10.0 Å². The SMILES string of the molecule is CN(C)c1ccc(C(=O)OC2=C(c3ccc(Cl)c(Cl)c3)C(=O)CC2)cc1. The summed E-state index contributed by atoms with van der Waals surface area (Å²) in [5.74, 6) is -0.193. The summed E-state index contributed by atoms with van der Waals surface area (Å²) in [6.45, 7) is 0. The number of ketones is 1. The van der Waals surface area contributed by atoms with E-state index in [2.05, 4.69) is 0 Å². The number of anilines is 1. The van der Waals surface area contributed by atoms with Gasteiger partial charge in [0.25, 0.3) is 0 Å². The van der Waals surface area contributed by atoms with Crippen LogP contribution in [0, 0.1) is 0 Å². The second-order valence-corrected chi connectivity index (χ2v) is 7.00. The lowest BCUT2D eigenvalue weighted by Crippen LogP contribution is -2.10. The van der Waals surface area contributed by atoms with Crippen LogP contribution in [0.5, 0.6) is 0 Å². The number of Topliss-reactive ketones (excluding diaryl/α,β-unsaturated/α-hetero) is 1. The third kappa shape index (κ3) is 3.76. The Labute approximate surface area is 162 Å². The van der Waals surface area contributed by atoms with Crippen LogP contribution in [0.4, 0.5) is 5.69 Å². The summed E-state index contributed by atoms with van der Waals surface area (Å²) in [5, 5.41) is 0.752. The molecule has 0 aliphatic heterocycles. The predicted octanol–water partition coefficient (Wildman–Crippen LogP) is 4.99. The van der Waals surface area contributed by atoms with Gasteiger partial charge in [-0.2, -0.15) is 0 Å². The number of carbonyl (C=O) groups is 2. The average molecular weight is 390 g/mol. The highest BCUT2D eigenvalue weighted by Gasteiger charge is 2.28. The van der Waals surface area contributed by atoms with Crippen LogP contribution in [0.3, 0.4) is 0 Å². The van der Waals surface area contributed by atoms with Crippen molar-refractivity contribution in [2.45, 2.75) is 12.8 Å². The van der Waals surface area contributed by atoms with Gasteiger partial charge in [-0.15, -0.1) is 0 Å². The molecule has 0 bridgehead atoms. The quantitative estimate of drug-likeness (QED) is 0.690. The summed E-state index contributed by atoms with van der Waals surface area (Å²) in [7, 11) is 3.84. The third-order valence-electron chi connectivity index (χ3n) is 4.18. The molecule has 1 aliphatic rings. The van der Waals surface area contributed by atoms with Crippen LogP contribution < -0.4 is 4.90 Å². The van der Waals surface area contributed by atoms with E-state index in [1.54, 1.807) is 30.3 Å². The molecule has 2 aromatic rings. The van der Waals surface area contributed by atoms with Gasteiger partial charge in [0.2, 0.25) is 0 Å². The summed E-state index contributed by atoms with van der Waals surface area (Å²) in [5.41, 5.74) is 2.40. The Morgan fingerprint density at radius 2 is 1.69 bits per heavy atom. The molecule has 3 rings (SSSR count). The molecular formula is C20H17Cl2NO3. The number of rotatable bonds is 4. The zero-order chi connectivity index (χ0) is 18.8. The third-order valence-corrected chi connectivity index (χ3v) is 4.92. The van der Waals surface area contributed by atoms with Crippen LogP contribution in [0.15, 0.2) is 48.2 Å². The fourth-order valence-corrected chi connectivity index (χ4v) is 3.07. The molecular weight excluding hydrogens is 373 g/mol. The summed E-state index contributed by atoms with van der Waals surface area (Å²) in [6.07, 6.45) is 0.688. The number of halogens is 2. The molecule has 2 aromatic carbocycles. The van der Waals surface area contributed by atoms with E-state index in [1.807, 2.05) is 31.1 Å². The molecule has 0 saturated carbocycles. The molecule has 0 saturated heterocycles. The van der Waals surface area contributed by atoms with Gasteiger partial charge in [0.15, 0.2) is 5.78 Å². The topological polar surface area (TPSA) is 46.6 Å². The Morgan fingerprint density at radius 1 is 1.00 bits per heavy atom. The monoisotopic (exact) mass is 389 g/mol. The van der Waals surface area contributed by atoms with Crippen LogP contribution in [-0.4, -0.2) is 25.8 Å². The molecule has 0 fully saturated rings. The number of carbonyl (C=O) groups excluding carboxylic acids is 2. The number of ether oxygens (including phenoxy) is 1. The van der Waals surface area contributed by atoms with E-state index >= 15 is 0 Å². The fraction of sp³-hybridized carbons (Fsp3) is 0.200. The lowest BCUT2D eigenvalue weighted by atomic mass is 10.0. The zero-order valence-corrected chi connectivity index (χ0v) is 15.9. The van der Waals surface area contributed by atoms with Crippen molar-refractivity contribution in [1.82, 2.24) is 0 Å². The van der Waals surface area contributed by atoms with Gasteiger partial charge in [0, 0.05) is 32.6 Å². The first-order valence-electron chi connectivity index (χ1n) is 8.08. The molecule has 0 heterocycles. The minimum absolute atomic E-state index is 0.0749. The van der Waals surface area contributed by atoms with Gasteiger partial charge in [-0.25, -0.2) is 4.79 Å². The van der Waals surface area contributed by atoms with Gasteiger partial charge in [-0.3, -0.25) is 4.79 Å². The summed E-state index contributed by atoms with van der Waals surface area (Å²) in [4.78, 5) is 26.7. The molecule has 0 atom stereocenters.